The van der Waals surface area contributed by atoms with Crippen molar-refractivity contribution in [1.29, 1.82) is 0 Å². The molecular weight excluding hydrogens is 432 g/mol. The van der Waals surface area contributed by atoms with Crippen molar-refractivity contribution in [3.8, 4) is 0 Å². The lowest BCUT2D eigenvalue weighted by molar-refractivity contribution is 0.371. The number of benzene rings is 2. The van der Waals surface area contributed by atoms with Crippen LogP contribution >= 0.6 is 27.3 Å². The zero-order chi connectivity index (χ0) is 18.1. The van der Waals surface area contributed by atoms with Gasteiger partial charge in [-0.3, -0.25) is 0 Å². The second-order valence-corrected chi connectivity index (χ2v) is 9.55. The Balaban J connectivity index is 1.79. The molecule has 0 unspecified atom stereocenters. The standard InChI is InChI=1S/C19H15BrN2O2S2/c20-15-10-8-14(9-11-15)18-13-17(19-7-4-12-25-19)21-22(18)26(23,24)16-5-2-1-3-6-16/h1-12,18H,13H2/t18-/m0/s1. The van der Waals surface area contributed by atoms with E-state index in [1.807, 2.05) is 41.8 Å². The van der Waals surface area contributed by atoms with Gasteiger partial charge in [-0.15, -0.1) is 11.3 Å². The Morgan fingerprint density at radius 3 is 2.38 bits per heavy atom. The molecule has 0 radical (unpaired) electrons. The van der Waals surface area contributed by atoms with Gasteiger partial charge >= 0.3 is 0 Å². The topological polar surface area (TPSA) is 49.7 Å². The Morgan fingerprint density at radius 2 is 1.73 bits per heavy atom. The second-order valence-electron chi connectivity index (χ2n) is 5.89. The van der Waals surface area contributed by atoms with E-state index in [1.54, 1.807) is 41.7 Å². The Labute approximate surface area is 165 Å². The minimum atomic E-state index is -3.73. The molecule has 0 spiro atoms. The maximum Gasteiger partial charge on any atom is 0.279 e. The smallest absolute Gasteiger partial charge is 0.200 e. The minimum absolute atomic E-state index is 0.248. The first-order chi connectivity index (χ1) is 12.6. The highest BCUT2D eigenvalue weighted by atomic mass is 79.9. The highest BCUT2D eigenvalue weighted by Gasteiger charge is 2.37. The van der Waals surface area contributed by atoms with Gasteiger partial charge < -0.3 is 0 Å². The van der Waals surface area contributed by atoms with Gasteiger partial charge in [0.05, 0.1) is 21.5 Å². The summed E-state index contributed by atoms with van der Waals surface area (Å²) in [5.41, 5.74) is 1.72. The summed E-state index contributed by atoms with van der Waals surface area (Å²) in [6.07, 6.45) is 0.550. The number of thiophene rings is 1. The van der Waals surface area contributed by atoms with E-state index in [4.69, 9.17) is 0 Å². The molecule has 0 aliphatic carbocycles. The largest absolute Gasteiger partial charge is 0.279 e. The van der Waals surface area contributed by atoms with E-state index in [-0.39, 0.29) is 10.9 Å². The monoisotopic (exact) mass is 446 g/mol. The van der Waals surface area contributed by atoms with E-state index < -0.39 is 10.0 Å². The predicted octanol–water partition coefficient (Wildman–Crippen LogP) is 5.05. The summed E-state index contributed by atoms with van der Waals surface area (Å²) in [6, 6.07) is 19.7. The molecule has 1 aliphatic rings. The van der Waals surface area contributed by atoms with Crippen LogP contribution in [0.15, 0.2) is 86.6 Å². The summed E-state index contributed by atoms with van der Waals surface area (Å²) in [4.78, 5) is 1.25. The van der Waals surface area contributed by atoms with Gasteiger partial charge in [0.25, 0.3) is 10.0 Å². The normalized spacial score (nSPS) is 17.3. The molecule has 0 saturated carbocycles. The predicted molar refractivity (Wildman–Crippen MR) is 108 cm³/mol. The van der Waals surface area contributed by atoms with E-state index in [0.29, 0.717) is 6.42 Å². The molecule has 0 fully saturated rings. The Morgan fingerprint density at radius 1 is 1.00 bits per heavy atom. The number of nitrogens with zero attached hydrogens (tertiary/aromatic N) is 2. The van der Waals surface area contributed by atoms with Crippen LogP contribution in [-0.2, 0) is 10.0 Å². The van der Waals surface area contributed by atoms with Crippen molar-refractivity contribution in [2.24, 2.45) is 5.10 Å². The summed E-state index contributed by atoms with van der Waals surface area (Å²) in [6.45, 7) is 0. The lowest BCUT2D eigenvalue weighted by Crippen LogP contribution is -2.27. The van der Waals surface area contributed by atoms with Crippen molar-refractivity contribution >= 4 is 43.0 Å². The summed E-state index contributed by atoms with van der Waals surface area (Å²) in [5.74, 6) is 0. The van der Waals surface area contributed by atoms with E-state index in [9.17, 15) is 8.42 Å². The third kappa shape index (κ3) is 3.22. The van der Waals surface area contributed by atoms with Crippen molar-refractivity contribution in [3.63, 3.8) is 0 Å². The number of rotatable bonds is 4. The Kier molecular flexibility index (Phi) is 4.69. The van der Waals surface area contributed by atoms with Crippen LogP contribution in [0, 0.1) is 0 Å². The van der Waals surface area contributed by atoms with E-state index in [1.165, 1.54) is 4.41 Å². The van der Waals surface area contributed by atoms with Crippen LogP contribution in [0.2, 0.25) is 0 Å². The van der Waals surface area contributed by atoms with Gasteiger partial charge in [0.1, 0.15) is 0 Å². The van der Waals surface area contributed by atoms with Crippen molar-refractivity contribution in [1.82, 2.24) is 4.41 Å². The zero-order valence-corrected chi connectivity index (χ0v) is 16.8. The van der Waals surface area contributed by atoms with Crippen molar-refractivity contribution in [2.75, 3.05) is 0 Å². The first kappa shape index (κ1) is 17.5. The van der Waals surface area contributed by atoms with Crippen molar-refractivity contribution < 1.29 is 8.42 Å². The lowest BCUT2D eigenvalue weighted by atomic mass is 10.0. The number of hydrogen-bond donors (Lipinski definition) is 0. The average Bonchev–Trinajstić information content (AvgIpc) is 3.33. The summed E-state index contributed by atoms with van der Waals surface area (Å²) < 4.78 is 28.6. The van der Waals surface area contributed by atoms with Crippen LogP contribution < -0.4 is 0 Å². The van der Waals surface area contributed by atoms with Crippen LogP contribution in [-0.4, -0.2) is 18.5 Å². The molecule has 1 atom stereocenters. The molecule has 0 saturated heterocycles. The van der Waals surface area contributed by atoms with Gasteiger partial charge in [-0.1, -0.05) is 52.3 Å². The molecule has 4 nitrogen and oxygen atoms in total. The highest BCUT2D eigenvalue weighted by molar-refractivity contribution is 9.10. The van der Waals surface area contributed by atoms with Gasteiger partial charge in [-0.25, -0.2) is 0 Å². The zero-order valence-electron chi connectivity index (χ0n) is 13.6. The molecule has 0 amide bonds. The van der Waals surface area contributed by atoms with Gasteiger partial charge in [0, 0.05) is 10.9 Å². The minimum Gasteiger partial charge on any atom is -0.200 e. The summed E-state index contributed by atoms with van der Waals surface area (Å²) >= 11 is 5.00. The number of halogens is 1. The Hall–Kier alpha value is -1.96. The summed E-state index contributed by atoms with van der Waals surface area (Å²) in [7, 11) is -3.73. The van der Waals surface area contributed by atoms with Crippen LogP contribution in [0.25, 0.3) is 0 Å². The van der Waals surface area contributed by atoms with E-state index in [0.717, 1.165) is 20.6 Å². The molecule has 132 valence electrons. The van der Waals surface area contributed by atoms with Crippen LogP contribution in [0.1, 0.15) is 22.9 Å². The highest BCUT2D eigenvalue weighted by Crippen LogP contribution is 2.38. The molecule has 2 heterocycles. The SMILES string of the molecule is O=S(=O)(c1ccccc1)N1N=C(c2cccs2)C[C@H]1c1ccc(Br)cc1. The fourth-order valence-corrected chi connectivity index (χ4v) is 5.38. The van der Waals surface area contributed by atoms with Crippen LogP contribution in [0.5, 0.6) is 0 Å². The molecule has 2 aromatic carbocycles. The number of hydrazone groups is 1. The first-order valence-electron chi connectivity index (χ1n) is 8.02. The van der Waals surface area contributed by atoms with Gasteiger partial charge in [-0.2, -0.15) is 17.9 Å². The average molecular weight is 447 g/mol. The fourth-order valence-electron chi connectivity index (χ4n) is 2.94. The molecule has 0 bridgehead atoms. The molecule has 4 rings (SSSR count). The maximum absolute atomic E-state index is 13.2. The molecule has 0 N–H and O–H groups in total. The Bertz CT molecular complexity index is 1030. The summed E-state index contributed by atoms with van der Waals surface area (Å²) in [5, 5.41) is 6.49. The van der Waals surface area contributed by atoms with Gasteiger partial charge in [0.15, 0.2) is 0 Å². The van der Waals surface area contributed by atoms with E-state index in [2.05, 4.69) is 21.0 Å². The van der Waals surface area contributed by atoms with Crippen LogP contribution in [0.4, 0.5) is 0 Å². The third-order valence-corrected chi connectivity index (χ3v) is 7.36. The quantitative estimate of drug-likeness (QED) is 0.562. The molecule has 1 aliphatic heterocycles. The molecule has 1 aromatic heterocycles. The van der Waals surface area contributed by atoms with Gasteiger partial charge in [-0.05, 0) is 41.3 Å². The first-order valence-corrected chi connectivity index (χ1v) is 11.1. The second kappa shape index (κ2) is 6.98. The van der Waals surface area contributed by atoms with Crippen molar-refractivity contribution in [2.45, 2.75) is 17.4 Å². The van der Waals surface area contributed by atoms with E-state index >= 15 is 0 Å². The van der Waals surface area contributed by atoms with Crippen molar-refractivity contribution in [3.05, 3.63) is 87.0 Å². The third-order valence-electron chi connectivity index (χ3n) is 4.22. The number of hydrogen-bond acceptors (Lipinski definition) is 4. The maximum atomic E-state index is 13.2. The van der Waals surface area contributed by atoms with Crippen LogP contribution in [0.3, 0.4) is 0 Å². The molecule has 26 heavy (non-hydrogen) atoms. The molecule has 7 heteroatoms. The number of sulfonamides is 1. The van der Waals surface area contributed by atoms with Gasteiger partial charge in [0.2, 0.25) is 0 Å². The molecular formula is C19H15BrN2O2S2. The fraction of sp³-hybridized carbons (Fsp3) is 0.105. The molecule has 3 aromatic rings. The lowest BCUT2D eigenvalue weighted by Gasteiger charge is -2.23.